The van der Waals surface area contributed by atoms with Gasteiger partial charge in [0.2, 0.25) is 5.91 Å². The molecule has 1 atom stereocenters. The zero-order valence-corrected chi connectivity index (χ0v) is 20.0. The first-order valence-corrected chi connectivity index (χ1v) is 12.5. The van der Waals surface area contributed by atoms with Gasteiger partial charge in [-0.25, -0.2) is 0 Å². The molecule has 2 N–H and O–H groups in total. The van der Waals surface area contributed by atoms with Crippen LogP contribution in [0.2, 0.25) is 0 Å². The number of benzene rings is 2. The van der Waals surface area contributed by atoms with Gasteiger partial charge in [-0.15, -0.1) is 0 Å². The number of hydrogen-bond acceptors (Lipinski definition) is 8. The third-order valence-electron chi connectivity index (χ3n) is 7.38. The summed E-state index contributed by atoms with van der Waals surface area (Å²) in [7, 11) is 0. The fourth-order valence-corrected chi connectivity index (χ4v) is 5.43. The second-order valence-corrected chi connectivity index (χ2v) is 9.68. The maximum atomic E-state index is 13.6. The predicted octanol–water partition coefficient (Wildman–Crippen LogP) is 3.03. The van der Waals surface area contributed by atoms with Crippen LogP contribution in [-0.4, -0.2) is 73.7 Å². The Labute approximate surface area is 209 Å². The lowest BCUT2D eigenvalue weighted by molar-refractivity contribution is -0.117. The standard InChI is InChI=1S/C27H29N5O4/c33-19-8-10-31(11-9-19)16-22(34)28-21-3-1-2-20-23(21)27(35)24-25(29-30-26(20)24)17-4-6-18(7-5-17)32-12-14-36-15-13-32/h1-7,19,26,33H,8-16H2,(H,28,34). The Morgan fingerprint density at radius 2 is 1.81 bits per heavy atom. The van der Waals surface area contributed by atoms with E-state index in [0.29, 0.717) is 48.5 Å². The Kier molecular flexibility index (Phi) is 6.12. The molecule has 0 bridgehead atoms. The maximum Gasteiger partial charge on any atom is 0.238 e. The smallest absolute Gasteiger partial charge is 0.238 e. The van der Waals surface area contributed by atoms with E-state index in [0.717, 1.165) is 43.1 Å². The van der Waals surface area contributed by atoms with Crippen molar-refractivity contribution in [3.63, 3.8) is 0 Å². The second kappa shape index (κ2) is 9.57. The third kappa shape index (κ3) is 4.23. The number of fused-ring (bicyclic) bond motifs is 3. The summed E-state index contributed by atoms with van der Waals surface area (Å²) >= 11 is 0. The maximum absolute atomic E-state index is 13.6. The molecule has 36 heavy (non-hydrogen) atoms. The van der Waals surface area contributed by atoms with Crippen molar-refractivity contribution in [1.29, 1.82) is 0 Å². The molecule has 186 valence electrons. The van der Waals surface area contributed by atoms with Gasteiger partial charge in [-0.05, 0) is 36.6 Å². The summed E-state index contributed by atoms with van der Waals surface area (Å²) < 4.78 is 5.44. The topological polar surface area (TPSA) is 107 Å². The van der Waals surface area contributed by atoms with E-state index in [4.69, 9.17) is 4.74 Å². The Morgan fingerprint density at radius 1 is 1.06 bits per heavy atom. The third-order valence-corrected chi connectivity index (χ3v) is 7.38. The van der Waals surface area contributed by atoms with Crippen molar-refractivity contribution in [2.45, 2.75) is 25.0 Å². The number of nitrogens with one attached hydrogen (secondary N) is 1. The number of carbonyl (C=O) groups excluding carboxylic acids is 2. The number of ketones is 1. The van der Waals surface area contributed by atoms with Gasteiger partial charge >= 0.3 is 0 Å². The lowest BCUT2D eigenvalue weighted by atomic mass is 10.0. The van der Waals surface area contributed by atoms with E-state index in [-0.39, 0.29) is 24.3 Å². The van der Waals surface area contributed by atoms with E-state index >= 15 is 0 Å². The molecule has 4 aliphatic rings. The zero-order valence-electron chi connectivity index (χ0n) is 20.0. The fourth-order valence-electron chi connectivity index (χ4n) is 5.43. The minimum atomic E-state index is -0.443. The Bertz CT molecular complexity index is 1240. The Hall–Kier alpha value is -3.40. The van der Waals surface area contributed by atoms with Gasteiger partial charge in [0, 0.05) is 37.4 Å². The van der Waals surface area contributed by atoms with Crippen LogP contribution < -0.4 is 10.2 Å². The lowest BCUT2D eigenvalue weighted by Crippen LogP contribution is -2.40. The van der Waals surface area contributed by atoms with E-state index in [1.807, 2.05) is 29.2 Å². The molecule has 1 aliphatic carbocycles. The molecular weight excluding hydrogens is 458 g/mol. The summed E-state index contributed by atoms with van der Waals surface area (Å²) in [6, 6.07) is 13.1. The molecule has 9 nitrogen and oxygen atoms in total. The number of morpholine rings is 1. The number of hydrogen-bond donors (Lipinski definition) is 2. The number of nitrogens with zero attached hydrogens (tertiary/aromatic N) is 4. The van der Waals surface area contributed by atoms with Crippen molar-refractivity contribution in [1.82, 2.24) is 4.90 Å². The zero-order chi connectivity index (χ0) is 24.6. The van der Waals surface area contributed by atoms with Gasteiger partial charge in [-0.1, -0.05) is 24.3 Å². The molecule has 2 aromatic rings. The van der Waals surface area contributed by atoms with Crippen LogP contribution in [0, 0.1) is 0 Å². The number of carbonyl (C=O) groups is 2. The van der Waals surface area contributed by atoms with Crippen molar-refractivity contribution in [3.05, 3.63) is 64.7 Å². The number of ether oxygens (including phenoxy) is 1. The second-order valence-electron chi connectivity index (χ2n) is 9.68. The summed E-state index contributed by atoms with van der Waals surface area (Å²) in [6.45, 7) is 4.76. The molecule has 2 saturated heterocycles. The van der Waals surface area contributed by atoms with Crippen LogP contribution in [0.4, 0.5) is 11.4 Å². The molecule has 1 amide bonds. The summed E-state index contributed by atoms with van der Waals surface area (Å²) in [4.78, 5) is 30.7. The highest BCUT2D eigenvalue weighted by atomic mass is 16.5. The van der Waals surface area contributed by atoms with Gasteiger partial charge in [-0.2, -0.15) is 10.2 Å². The minimum Gasteiger partial charge on any atom is -0.393 e. The van der Waals surface area contributed by atoms with Crippen LogP contribution in [0.25, 0.3) is 5.70 Å². The minimum absolute atomic E-state index is 0.135. The first-order valence-electron chi connectivity index (χ1n) is 12.5. The molecule has 6 rings (SSSR count). The van der Waals surface area contributed by atoms with Crippen molar-refractivity contribution < 1.29 is 19.4 Å². The van der Waals surface area contributed by atoms with Crippen molar-refractivity contribution in [2.75, 3.05) is 56.2 Å². The Morgan fingerprint density at radius 3 is 2.56 bits per heavy atom. The first kappa shape index (κ1) is 23.0. The van der Waals surface area contributed by atoms with Gasteiger partial charge < -0.3 is 20.1 Å². The van der Waals surface area contributed by atoms with Crippen LogP contribution in [0.15, 0.2) is 58.3 Å². The summed E-state index contributed by atoms with van der Waals surface area (Å²) in [5.74, 6) is -0.302. The monoisotopic (exact) mass is 487 g/mol. The number of Topliss-reactive ketones (excluding diaryl/α,β-unsaturated/α-hetero) is 1. The van der Waals surface area contributed by atoms with Crippen LogP contribution in [0.5, 0.6) is 0 Å². The van der Waals surface area contributed by atoms with E-state index in [2.05, 4.69) is 32.6 Å². The highest BCUT2D eigenvalue weighted by Gasteiger charge is 2.42. The quantitative estimate of drug-likeness (QED) is 0.672. The molecular formula is C27H29N5O4. The highest BCUT2D eigenvalue weighted by molar-refractivity contribution is 6.22. The van der Waals surface area contributed by atoms with Crippen LogP contribution in [0.1, 0.15) is 40.4 Å². The molecule has 9 heteroatoms. The summed E-state index contributed by atoms with van der Waals surface area (Å²) in [5, 5.41) is 21.5. The number of rotatable bonds is 5. The average Bonchev–Trinajstić information content (AvgIpc) is 3.46. The van der Waals surface area contributed by atoms with Gasteiger partial charge in [0.1, 0.15) is 11.7 Å². The van der Waals surface area contributed by atoms with E-state index in [9.17, 15) is 14.7 Å². The molecule has 0 aromatic heterocycles. The van der Waals surface area contributed by atoms with Crippen LogP contribution >= 0.6 is 0 Å². The number of aliphatic hydroxyl groups is 1. The molecule has 3 aliphatic heterocycles. The number of piperidine rings is 1. The molecule has 2 fully saturated rings. The van der Waals surface area contributed by atoms with Crippen LogP contribution in [-0.2, 0) is 9.53 Å². The number of azo groups is 1. The van der Waals surface area contributed by atoms with Gasteiger partial charge in [-0.3, -0.25) is 14.5 Å². The normalized spacial score (nSPS) is 22.2. The number of likely N-dealkylation sites (tertiary alicyclic amines) is 1. The van der Waals surface area contributed by atoms with Crippen LogP contribution in [0.3, 0.4) is 0 Å². The Balaban J connectivity index is 1.22. The van der Waals surface area contributed by atoms with Gasteiger partial charge in [0.25, 0.3) is 0 Å². The molecule has 0 spiro atoms. The van der Waals surface area contributed by atoms with Gasteiger partial charge in [0.05, 0.1) is 42.7 Å². The van der Waals surface area contributed by atoms with Gasteiger partial charge in [0.15, 0.2) is 5.78 Å². The summed E-state index contributed by atoms with van der Waals surface area (Å²) in [6.07, 6.45) is 1.05. The molecule has 3 heterocycles. The largest absolute Gasteiger partial charge is 0.393 e. The van der Waals surface area contributed by atoms with Crippen molar-refractivity contribution >= 4 is 28.8 Å². The average molecular weight is 488 g/mol. The van der Waals surface area contributed by atoms with E-state index in [1.54, 1.807) is 6.07 Å². The number of aliphatic hydroxyl groups excluding tert-OH is 1. The summed E-state index contributed by atoms with van der Waals surface area (Å²) in [5.41, 5.74) is 4.92. The molecule has 0 saturated carbocycles. The fraction of sp³-hybridized carbons (Fsp3) is 0.407. The van der Waals surface area contributed by atoms with Crippen molar-refractivity contribution in [3.8, 4) is 0 Å². The molecule has 2 aromatic carbocycles. The SMILES string of the molecule is O=C(CN1CCC(O)CC1)Nc1cccc2c1C(=O)C1=C(c3ccc(N4CCOCC4)cc3)N=NC12. The lowest BCUT2D eigenvalue weighted by Gasteiger charge is -2.28. The number of amides is 1. The predicted molar refractivity (Wildman–Crippen MR) is 135 cm³/mol. The molecule has 1 unspecified atom stereocenters. The number of anilines is 2. The highest BCUT2D eigenvalue weighted by Crippen LogP contribution is 2.49. The first-order chi connectivity index (χ1) is 17.6. The van der Waals surface area contributed by atoms with E-state index in [1.165, 1.54) is 0 Å². The molecule has 0 radical (unpaired) electrons. The van der Waals surface area contributed by atoms with Crippen molar-refractivity contribution in [2.24, 2.45) is 10.2 Å². The van der Waals surface area contributed by atoms with E-state index < -0.39 is 6.04 Å².